The predicted molar refractivity (Wildman–Crippen MR) is 86.7 cm³/mol. The van der Waals surface area contributed by atoms with Crippen LogP contribution in [-0.2, 0) is 11.3 Å². The highest BCUT2D eigenvalue weighted by molar-refractivity contribution is 5.89. The number of anilines is 1. The Bertz CT molecular complexity index is 504. The molecule has 5 nitrogen and oxygen atoms in total. The topological polar surface area (TPSA) is 61.8 Å². The summed E-state index contributed by atoms with van der Waals surface area (Å²) in [7, 11) is 0. The highest BCUT2D eigenvalue weighted by Crippen LogP contribution is 2.19. The summed E-state index contributed by atoms with van der Waals surface area (Å²) in [5.74, 6) is 0.251. The van der Waals surface area contributed by atoms with Crippen molar-refractivity contribution in [2.24, 2.45) is 5.92 Å². The van der Waals surface area contributed by atoms with Gasteiger partial charge >= 0.3 is 6.03 Å². The summed E-state index contributed by atoms with van der Waals surface area (Å²) in [5, 5.41) is 12.8. The molecule has 0 saturated carbocycles. The second-order valence-corrected chi connectivity index (χ2v) is 6.27. The first-order valence-corrected chi connectivity index (χ1v) is 7.90. The van der Waals surface area contributed by atoms with Crippen molar-refractivity contribution in [1.29, 1.82) is 0 Å². The zero-order chi connectivity index (χ0) is 16.1. The molecule has 22 heavy (non-hydrogen) atoms. The fourth-order valence-corrected chi connectivity index (χ4v) is 2.44. The third-order valence-corrected chi connectivity index (χ3v) is 3.97. The van der Waals surface area contributed by atoms with Crippen LogP contribution < -0.4 is 5.32 Å². The molecule has 2 rings (SSSR count). The van der Waals surface area contributed by atoms with Gasteiger partial charge in [0.15, 0.2) is 0 Å². The minimum Gasteiger partial charge on any atom is -0.391 e. The van der Waals surface area contributed by atoms with Crippen LogP contribution >= 0.6 is 0 Å². The van der Waals surface area contributed by atoms with Crippen molar-refractivity contribution >= 4 is 11.7 Å². The number of rotatable bonds is 4. The van der Waals surface area contributed by atoms with E-state index in [4.69, 9.17) is 4.74 Å². The van der Waals surface area contributed by atoms with Crippen LogP contribution in [0.25, 0.3) is 0 Å². The van der Waals surface area contributed by atoms with E-state index >= 15 is 0 Å². The number of nitrogens with zero attached hydrogens (tertiary/aromatic N) is 1. The number of aliphatic hydroxyl groups excluding tert-OH is 1. The molecule has 1 aromatic carbocycles. The molecular formula is C17H26N2O3. The Labute approximate surface area is 132 Å². The minimum absolute atomic E-state index is 0.159. The van der Waals surface area contributed by atoms with Crippen LogP contribution in [-0.4, -0.2) is 41.3 Å². The van der Waals surface area contributed by atoms with Crippen LogP contribution in [0.5, 0.6) is 0 Å². The molecule has 0 aliphatic carbocycles. The first-order valence-electron chi connectivity index (χ1n) is 7.90. The van der Waals surface area contributed by atoms with Crippen molar-refractivity contribution in [3.05, 3.63) is 29.8 Å². The van der Waals surface area contributed by atoms with Crippen molar-refractivity contribution in [2.45, 2.75) is 46.0 Å². The molecular weight excluding hydrogens is 280 g/mol. The average Bonchev–Trinajstić information content (AvgIpc) is 2.48. The van der Waals surface area contributed by atoms with Crippen LogP contribution in [0.2, 0.25) is 0 Å². The molecule has 1 fully saturated rings. The Balaban J connectivity index is 1.92. The van der Waals surface area contributed by atoms with E-state index in [1.807, 2.05) is 45.0 Å². The van der Waals surface area contributed by atoms with E-state index in [1.165, 1.54) is 0 Å². The largest absolute Gasteiger partial charge is 0.391 e. The summed E-state index contributed by atoms with van der Waals surface area (Å²) in [6, 6.07) is 7.50. The van der Waals surface area contributed by atoms with Crippen LogP contribution in [0.15, 0.2) is 24.3 Å². The summed E-state index contributed by atoms with van der Waals surface area (Å²) in [6.45, 7) is 7.60. The number of hydrogen-bond acceptors (Lipinski definition) is 3. The van der Waals surface area contributed by atoms with Crippen molar-refractivity contribution in [2.75, 3.05) is 18.4 Å². The van der Waals surface area contributed by atoms with Gasteiger partial charge in [0.05, 0.1) is 18.8 Å². The Kier molecular flexibility index (Phi) is 5.80. The van der Waals surface area contributed by atoms with Gasteiger partial charge < -0.3 is 20.1 Å². The number of carbonyl (C=O) groups is 1. The molecule has 1 aliphatic heterocycles. The van der Waals surface area contributed by atoms with Gasteiger partial charge in [-0.3, -0.25) is 0 Å². The average molecular weight is 306 g/mol. The molecule has 2 atom stereocenters. The van der Waals surface area contributed by atoms with Crippen molar-refractivity contribution in [1.82, 2.24) is 4.90 Å². The molecule has 0 bridgehead atoms. The van der Waals surface area contributed by atoms with Crippen LogP contribution in [0.3, 0.4) is 0 Å². The van der Waals surface area contributed by atoms with Gasteiger partial charge in [-0.2, -0.15) is 0 Å². The molecule has 2 amide bonds. The second kappa shape index (κ2) is 7.61. The fraction of sp³-hybridized carbons (Fsp3) is 0.588. The zero-order valence-corrected chi connectivity index (χ0v) is 13.6. The number of piperidine rings is 1. The third kappa shape index (κ3) is 4.71. The van der Waals surface area contributed by atoms with Gasteiger partial charge in [0, 0.05) is 18.8 Å². The summed E-state index contributed by atoms with van der Waals surface area (Å²) in [5.41, 5.74) is 1.78. The van der Waals surface area contributed by atoms with Crippen molar-refractivity contribution < 1.29 is 14.6 Å². The Morgan fingerprint density at radius 2 is 2.27 bits per heavy atom. The zero-order valence-electron chi connectivity index (χ0n) is 13.6. The molecule has 1 heterocycles. The summed E-state index contributed by atoms with van der Waals surface area (Å²) in [4.78, 5) is 13.9. The molecule has 5 heteroatoms. The number of ether oxygens (including phenoxy) is 1. The first-order chi connectivity index (χ1) is 10.5. The molecule has 2 N–H and O–H groups in total. The summed E-state index contributed by atoms with van der Waals surface area (Å²) < 4.78 is 5.57. The number of β-amino-alcohol motifs (C(OH)–C–C–N with tert-alkyl or cyclic N) is 1. The van der Waals surface area contributed by atoms with E-state index in [1.54, 1.807) is 4.90 Å². The van der Waals surface area contributed by atoms with E-state index in [-0.39, 0.29) is 18.1 Å². The van der Waals surface area contributed by atoms with E-state index in [9.17, 15) is 9.90 Å². The number of benzene rings is 1. The molecule has 1 saturated heterocycles. The van der Waals surface area contributed by atoms with Gasteiger partial charge in [-0.05, 0) is 43.9 Å². The molecule has 122 valence electrons. The van der Waals surface area contributed by atoms with E-state index in [2.05, 4.69) is 5.32 Å². The monoisotopic (exact) mass is 306 g/mol. The maximum absolute atomic E-state index is 12.3. The number of aliphatic hydroxyl groups is 1. The highest BCUT2D eigenvalue weighted by Gasteiger charge is 2.27. The quantitative estimate of drug-likeness (QED) is 0.899. The van der Waals surface area contributed by atoms with Gasteiger partial charge in [0.2, 0.25) is 0 Å². The lowest BCUT2D eigenvalue weighted by Crippen LogP contribution is -2.47. The predicted octanol–water partition coefficient (Wildman–Crippen LogP) is 2.85. The van der Waals surface area contributed by atoms with Gasteiger partial charge in [-0.15, -0.1) is 0 Å². The lowest BCUT2D eigenvalue weighted by atomic mass is 9.96. The van der Waals surface area contributed by atoms with Gasteiger partial charge in [-0.1, -0.05) is 19.1 Å². The number of carbonyl (C=O) groups excluding carboxylic acids is 1. The van der Waals surface area contributed by atoms with E-state index in [0.717, 1.165) is 17.7 Å². The third-order valence-electron chi connectivity index (χ3n) is 3.97. The maximum atomic E-state index is 12.3. The lowest BCUT2D eigenvalue weighted by molar-refractivity contribution is 0.0463. The number of amides is 2. The van der Waals surface area contributed by atoms with E-state index in [0.29, 0.717) is 19.7 Å². The van der Waals surface area contributed by atoms with E-state index < -0.39 is 6.10 Å². The standard InChI is InChI=1S/C17H26N2O3/c1-12(2)22-11-14-5-4-6-15(9-14)18-17(21)19-8-7-13(3)16(20)10-19/h4-6,9,12-13,16,20H,7-8,10-11H2,1-3H3,(H,18,21). The van der Waals surface area contributed by atoms with Crippen LogP contribution in [0.1, 0.15) is 32.8 Å². The van der Waals surface area contributed by atoms with Gasteiger partial charge in [-0.25, -0.2) is 4.79 Å². The molecule has 0 radical (unpaired) electrons. The van der Waals surface area contributed by atoms with Crippen molar-refractivity contribution in [3.8, 4) is 0 Å². The lowest BCUT2D eigenvalue weighted by Gasteiger charge is -2.34. The number of hydrogen-bond donors (Lipinski definition) is 2. The molecule has 2 unspecified atom stereocenters. The first kappa shape index (κ1) is 16.8. The van der Waals surface area contributed by atoms with Gasteiger partial charge in [0.25, 0.3) is 0 Å². The fourth-order valence-electron chi connectivity index (χ4n) is 2.44. The maximum Gasteiger partial charge on any atom is 0.321 e. The number of nitrogens with one attached hydrogen (secondary N) is 1. The Morgan fingerprint density at radius 3 is 2.95 bits per heavy atom. The highest BCUT2D eigenvalue weighted by atomic mass is 16.5. The summed E-state index contributed by atoms with van der Waals surface area (Å²) >= 11 is 0. The molecule has 0 spiro atoms. The van der Waals surface area contributed by atoms with Crippen LogP contribution in [0.4, 0.5) is 10.5 Å². The van der Waals surface area contributed by atoms with Crippen LogP contribution in [0, 0.1) is 5.92 Å². The smallest absolute Gasteiger partial charge is 0.321 e. The number of urea groups is 1. The molecule has 0 aromatic heterocycles. The van der Waals surface area contributed by atoms with Gasteiger partial charge in [0.1, 0.15) is 0 Å². The SMILES string of the molecule is CC(C)OCc1cccc(NC(=O)N2CCC(C)C(O)C2)c1. The Morgan fingerprint density at radius 1 is 1.50 bits per heavy atom. The summed E-state index contributed by atoms with van der Waals surface area (Å²) in [6.07, 6.45) is 0.567. The second-order valence-electron chi connectivity index (χ2n) is 6.27. The molecule has 1 aliphatic rings. The minimum atomic E-state index is -0.440. The van der Waals surface area contributed by atoms with Crippen molar-refractivity contribution in [3.63, 3.8) is 0 Å². The normalized spacial score (nSPS) is 22.0. The molecule has 1 aromatic rings. The number of likely N-dealkylation sites (tertiary alicyclic amines) is 1. The Hall–Kier alpha value is -1.59.